The average molecular weight is 335 g/mol. The fourth-order valence-corrected chi connectivity index (χ4v) is 2.57. The van der Waals surface area contributed by atoms with Gasteiger partial charge in [0.25, 0.3) is 0 Å². The Balaban J connectivity index is 2.13. The monoisotopic (exact) mass is 334 g/mol. The van der Waals surface area contributed by atoms with E-state index in [4.69, 9.17) is 0 Å². The van der Waals surface area contributed by atoms with Gasteiger partial charge < -0.3 is 5.32 Å². The fourth-order valence-electron chi connectivity index (χ4n) is 2.00. The topological polar surface area (TPSA) is 24.9 Å². The second-order valence-corrected chi connectivity index (χ2v) is 5.10. The van der Waals surface area contributed by atoms with Crippen LogP contribution in [0.25, 0.3) is 10.8 Å². The molecule has 0 bridgehead atoms. The lowest BCUT2D eigenvalue weighted by Crippen LogP contribution is -1.98. The number of benzene rings is 2. The highest BCUT2D eigenvalue weighted by Crippen LogP contribution is 2.31. The van der Waals surface area contributed by atoms with Gasteiger partial charge in [-0.2, -0.15) is 0 Å². The van der Waals surface area contributed by atoms with Gasteiger partial charge in [0, 0.05) is 22.1 Å². The van der Waals surface area contributed by atoms with Gasteiger partial charge in [-0.3, -0.25) is 0 Å². The van der Waals surface area contributed by atoms with Crippen LogP contribution in [-0.2, 0) is 0 Å². The Labute approximate surface area is 122 Å². The van der Waals surface area contributed by atoms with Gasteiger partial charge in [-0.1, -0.05) is 28.1 Å². The summed E-state index contributed by atoms with van der Waals surface area (Å²) in [6, 6.07) is 10.8. The number of pyridine rings is 1. The molecule has 3 aromatic rings. The van der Waals surface area contributed by atoms with E-state index in [1.807, 2.05) is 24.3 Å². The Bertz CT molecular complexity index is 785. The van der Waals surface area contributed by atoms with E-state index in [2.05, 4.69) is 26.2 Å². The molecule has 3 rings (SSSR count). The summed E-state index contributed by atoms with van der Waals surface area (Å²) in [6.45, 7) is 0. The van der Waals surface area contributed by atoms with Crippen molar-refractivity contribution in [1.29, 1.82) is 0 Å². The second-order valence-electron chi connectivity index (χ2n) is 4.25. The zero-order valence-electron chi connectivity index (χ0n) is 10.2. The molecule has 0 aliphatic carbocycles. The Morgan fingerprint density at radius 3 is 2.75 bits per heavy atom. The van der Waals surface area contributed by atoms with Crippen LogP contribution in [0.2, 0.25) is 0 Å². The molecule has 1 heterocycles. The van der Waals surface area contributed by atoms with Crippen LogP contribution in [0.3, 0.4) is 0 Å². The standard InChI is InChI=1S/C15H9BrF2N2/c16-11-3-1-2-9-6-7-19-15(14(9)11)20-13-8-10(17)4-5-12(13)18/h1-8H,(H,19,20). The summed E-state index contributed by atoms with van der Waals surface area (Å²) in [5.41, 5.74) is 0.0563. The first kappa shape index (κ1) is 13.0. The maximum absolute atomic E-state index is 13.7. The van der Waals surface area contributed by atoms with Crippen molar-refractivity contribution in [2.24, 2.45) is 0 Å². The molecule has 0 atom stereocenters. The second kappa shape index (κ2) is 5.17. The van der Waals surface area contributed by atoms with Crippen LogP contribution in [0.1, 0.15) is 0 Å². The van der Waals surface area contributed by atoms with Crippen molar-refractivity contribution in [3.05, 3.63) is 64.8 Å². The Morgan fingerprint density at radius 2 is 1.90 bits per heavy atom. The molecule has 0 saturated carbocycles. The molecular formula is C15H9BrF2N2. The smallest absolute Gasteiger partial charge is 0.146 e. The van der Waals surface area contributed by atoms with Crippen molar-refractivity contribution < 1.29 is 8.78 Å². The highest BCUT2D eigenvalue weighted by atomic mass is 79.9. The molecule has 0 saturated heterocycles. The summed E-state index contributed by atoms with van der Waals surface area (Å²) < 4.78 is 27.7. The number of hydrogen-bond donors (Lipinski definition) is 1. The maximum atomic E-state index is 13.7. The molecular weight excluding hydrogens is 326 g/mol. The number of halogens is 3. The summed E-state index contributed by atoms with van der Waals surface area (Å²) >= 11 is 3.45. The molecule has 0 unspecified atom stereocenters. The molecule has 100 valence electrons. The summed E-state index contributed by atoms with van der Waals surface area (Å²) in [5, 5.41) is 4.61. The number of nitrogens with one attached hydrogen (secondary N) is 1. The molecule has 2 nitrogen and oxygen atoms in total. The van der Waals surface area contributed by atoms with E-state index in [9.17, 15) is 8.78 Å². The summed E-state index contributed by atoms with van der Waals surface area (Å²) in [7, 11) is 0. The summed E-state index contributed by atoms with van der Waals surface area (Å²) in [6.07, 6.45) is 1.62. The van der Waals surface area contributed by atoms with E-state index in [-0.39, 0.29) is 5.69 Å². The minimum Gasteiger partial charge on any atom is -0.337 e. The van der Waals surface area contributed by atoms with Gasteiger partial charge in [0.1, 0.15) is 17.5 Å². The number of rotatable bonds is 2. The number of anilines is 2. The maximum Gasteiger partial charge on any atom is 0.146 e. The SMILES string of the molecule is Fc1ccc(F)c(Nc2nccc3cccc(Br)c23)c1. The molecule has 5 heteroatoms. The lowest BCUT2D eigenvalue weighted by Gasteiger charge is -2.10. The molecule has 2 aromatic carbocycles. The van der Waals surface area contributed by atoms with Gasteiger partial charge in [-0.25, -0.2) is 13.8 Å². The average Bonchev–Trinajstić information content (AvgIpc) is 2.43. The van der Waals surface area contributed by atoms with Crippen LogP contribution in [0.5, 0.6) is 0 Å². The number of fused-ring (bicyclic) bond motifs is 1. The first-order chi connectivity index (χ1) is 9.65. The first-order valence-corrected chi connectivity index (χ1v) is 6.70. The van der Waals surface area contributed by atoms with Gasteiger partial charge in [0.15, 0.2) is 0 Å². The third-order valence-corrected chi connectivity index (χ3v) is 3.58. The van der Waals surface area contributed by atoms with Crippen LogP contribution in [0.15, 0.2) is 53.1 Å². The van der Waals surface area contributed by atoms with Gasteiger partial charge in [-0.05, 0) is 29.7 Å². The van der Waals surface area contributed by atoms with Crippen LogP contribution < -0.4 is 5.32 Å². The lowest BCUT2D eigenvalue weighted by atomic mass is 10.1. The van der Waals surface area contributed by atoms with Gasteiger partial charge in [0.05, 0.1) is 5.69 Å². The molecule has 0 fully saturated rings. The van der Waals surface area contributed by atoms with Gasteiger partial charge in [0.2, 0.25) is 0 Å². The minimum atomic E-state index is -0.530. The van der Waals surface area contributed by atoms with Crippen molar-refractivity contribution in [2.75, 3.05) is 5.32 Å². The third-order valence-electron chi connectivity index (χ3n) is 2.92. The fraction of sp³-hybridized carbons (Fsp3) is 0. The molecule has 0 amide bonds. The van der Waals surface area contributed by atoms with Crippen molar-refractivity contribution in [3.8, 4) is 0 Å². The molecule has 1 N–H and O–H groups in total. The van der Waals surface area contributed by atoms with E-state index in [0.29, 0.717) is 5.82 Å². The van der Waals surface area contributed by atoms with Crippen molar-refractivity contribution in [1.82, 2.24) is 4.98 Å². The Morgan fingerprint density at radius 1 is 1.05 bits per heavy atom. The van der Waals surface area contributed by atoms with E-state index in [1.54, 1.807) is 6.20 Å². The van der Waals surface area contributed by atoms with E-state index >= 15 is 0 Å². The van der Waals surface area contributed by atoms with E-state index < -0.39 is 11.6 Å². The van der Waals surface area contributed by atoms with Crippen LogP contribution in [0.4, 0.5) is 20.3 Å². The third kappa shape index (κ3) is 2.36. The molecule has 20 heavy (non-hydrogen) atoms. The normalized spacial score (nSPS) is 10.8. The predicted octanol–water partition coefficient (Wildman–Crippen LogP) is 5.02. The van der Waals surface area contributed by atoms with Crippen molar-refractivity contribution in [3.63, 3.8) is 0 Å². The van der Waals surface area contributed by atoms with Gasteiger partial charge >= 0.3 is 0 Å². The zero-order chi connectivity index (χ0) is 14.1. The quantitative estimate of drug-likeness (QED) is 0.711. The minimum absolute atomic E-state index is 0.0563. The van der Waals surface area contributed by atoms with Crippen molar-refractivity contribution in [2.45, 2.75) is 0 Å². The highest BCUT2D eigenvalue weighted by Gasteiger charge is 2.09. The largest absolute Gasteiger partial charge is 0.337 e. The lowest BCUT2D eigenvalue weighted by molar-refractivity contribution is 0.603. The predicted molar refractivity (Wildman–Crippen MR) is 79.1 cm³/mol. The van der Waals surface area contributed by atoms with Crippen molar-refractivity contribution >= 4 is 38.2 Å². The van der Waals surface area contributed by atoms with E-state index in [0.717, 1.165) is 33.4 Å². The van der Waals surface area contributed by atoms with Crippen LogP contribution in [0, 0.1) is 11.6 Å². The Kier molecular flexibility index (Phi) is 3.36. The van der Waals surface area contributed by atoms with Gasteiger partial charge in [-0.15, -0.1) is 0 Å². The Hall–Kier alpha value is -2.01. The molecule has 1 aromatic heterocycles. The summed E-state index contributed by atoms with van der Waals surface area (Å²) in [5.74, 6) is -0.565. The van der Waals surface area contributed by atoms with Crippen LogP contribution in [-0.4, -0.2) is 4.98 Å². The van der Waals surface area contributed by atoms with E-state index in [1.165, 1.54) is 0 Å². The molecule has 0 radical (unpaired) electrons. The summed E-state index contributed by atoms with van der Waals surface area (Å²) in [4.78, 5) is 4.20. The molecule has 0 spiro atoms. The zero-order valence-corrected chi connectivity index (χ0v) is 11.8. The molecule has 0 aliphatic heterocycles. The highest BCUT2D eigenvalue weighted by molar-refractivity contribution is 9.10. The first-order valence-electron chi connectivity index (χ1n) is 5.90. The molecule has 0 aliphatic rings. The number of aromatic nitrogens is 1. The van der Waals surface area contributed by atoms with Crippen LogP contribution >= 0.6 is 15.9 Å². The number of hydrogen-bond acceptors (Lipinski definition) is 2. The number of nitrogens with zero attached hydrogens (tertiary/aromatic N) is 1.